The Labute approximate surface area is 136 Å². The maximum atomic E-state index is 12.5. The van der Waals surface area contributed by atoms with Crippen LogP contribution in [0.25, 0.3) is 0 Å². The highest BCUT2D eigenvalue weighted by molar-refractivity contribution is 6.32. The highest BCUT2D eigenvalue weighted by Gasteiger charge is 2.31. The zero-order valence-electron chi connectivity index (χ0n) is 12.6. The first-order valence-electron chi connectivity index (χ1n) is 6.79. The Bertz CT molecular complexity index is 577. The molecule has 1 rings (SSSR count). The van der Waals surface area contributed by atoms with Crippen LogP contribution in [0.1, 0.15) is 19.4 Å². The Balaban J connectivity index is 2.46. The number of hydrogen-bond donors (Lipinski definition) is 2. The Kier molecular flexibility index (Phi) is 7.15. The number of halogens is 4. The number of nitrogens with zero attached hydrogens (tertiary/aromatic N) is 1. The Morgan fingerprint density at radius 2 is 2.13 bits per heavy atom. The summed E-state index contributed by atoms with van der Waals surface area (Å²) >= 11 is 5.76. The van der Waals surface area contributed by atoms with Crippen molar-refractivity contribution < 1.29 is 22.7 Å². The first kappa shape index (κ1) is 19.1. The van der Waals surface area contributed by atoms with E-state index >= 15 is 0 Å². The zero-order chi connectivity index (χ0) is 17.5. The van der Waals surface area contributed by atoms with Crippen molar-refractivity contribution in [3.63, 3.8) is 0 Å². The molecular formula is C14H17ClF3N3O2. The minimum absolute atomic E-state index is 0.112. The van der Waals surface area contributed by atoms with Gasteiger partial charge in [-0.2, -0.15) is 13.2 Å². The molecule has 5 nitrogen and oxygen atoms in total. The van der Waals surface area contributed by atoms with Crippen LogP contribution in [-0.2, 0) is 15.7 Å². The van der Waals surface area contributed by atoms with E-state index in [1.165, 1.54) is 6.08 Å². The van der Waals surface area contributed by atoms with Crippen LogP contribution in [0, 0.1) is 0 Å². The van der Waals surface area contributed by atoms with Crippen LogP contribution in [0.3, 0.4) is 0 Å². The van der Waals surface area contributed by atoms with Crippen molar-refractivity contribution in [3.8, 4) is 0 Å². The molecule has 0 aliphatic carbocycles. The summed E-state index contributed by atoms with van der Waals surface area (Å²) in [6.07, 6.45) is -2.45. The Morgan fingerprint density at radius 3 is 2.70 bits per heavy atom. The van der Waals surface area contributed by atoms with Crippen LogP contribution in [0.15, 0.2) is 24.0 Å². The molecule has 0 fully saturated rings. The number of aromatic nitrogens is 1. The third kappa shape index (κ3) is 6.77. The number of alkyl halides is 3. The number of allylic oxidation sites excluding steroid dienone is 1. The van der Waals surface area contributed by atoms with E-state index in [2.05, 4.69) is 15.6 Å². The lowest BCUT2D eigenvalue weighted by atomic mass is 10.3. The van der Waals surface area contributed by atoms with Gasteiger partial charge in [0.1, 0.15) is 5.82 Å². The first-order valence-corrected chi connectivity index (χ1v) is 7.17. The van der Waals surface area contributed by atoms with Gasteiger partial charge in [0.15, 0.2) is 0 Å². The molecule has 0 aliphatic heterocycles. The molecule has 0 atom stereocenters. The van der Waals surface area contributed by atoms with Crippen LogP contribution < -0.4 is 10.6 Å². The number of pyridine rings is 1. The van der Waals surface area contributed by atoms with Crippen molar-refractivity contribution in [2.24, 2.45) is 0 Å². The first-order chi connectivity index (χ1) is 10.7. The van der Waals surface area contributed by atoms with E-state index in [1.807, 2.05) is 0 Å². The van der Waals surface area contributed by atoms with Crippen molar-refractivity contribution in [2.75, 3.05) is 25.0 Å². The summed E-state index contributed by atoms with van der Waals surface area (Å²) < 4.78 is 42.2. The molecule has 0 radical (unpaired) electrons. The van der Waals surface area contributed by atoms with Crippen LogP contribution in [0.5, 0.6) is 0 Å². The molecule has 0 saturated heterocycles. The summed E-state index contributed by atoms with van der Waals surface area (Å²) in [4.78, 5) is 14.8. The molecule has 0 saturated carbocycles. The monoisotopic (exact) mass is 351 g/mol. The number of carbonyl (C=O) groups is 1. The topological polar surface area (TPSA) is 63.2 Å². The van der Waals surface area contributed by atoms with Crippen LogP contribution in [0.4, 0.5) is 19.0 Å². The minimum atomic E-state index is -4.48. The number of carbonyl (C=O) groups excluding carboxylic acids is 1. The van der Waals surface area contributed by atoms with E-state index in [9.17, 15) is 18.0 Å². The highest BCUT2D eigenvalue weighted by atomic mass is 35.5. The van der Waals surface area contributed by atoms with E-state index in [4.69, 9.17) is 16.3 Å². The molecule has 0 amide bonds. The average Bonchev–Trinajstić information content (AvgIpc) is 2.44. The van der Waals surface area contributed by atoms with Gasteiger partial charge in [0.05, 0.1) is 17.2 Å². The van der Waals surface area contributed by atoms with Gasteiger partial charge in [0.25, 0.3) is 0 Å². The molecule has 0 aromatic carbocycles. The van der Waals surface area contributed by atoms with Crippen molar-refractivity contribution in [1.82, 2.24) is 10.3 Å². The maximum Gasteiger partial charge on any atom is 0.417 e. The van der Waals surface area contributed by atoms with Gasteiger partial charge in [-0.15, -0.1) is 0 Å². The lowest BCUT2D eigenvalue weighted by molar-refractivity contribution is -0.138. The molecule has 23 heavy (non-hydrogen) atoms. The second kappa shape index (κ2) is 8.61. The smallest absolute Gasteiger partial charge is 0.417 e. The largest absolute Gasteiger partial charge is 0.463 e. The summed E-state index contributed by atoms with van der Waals surface area (Å²) in [5, 5.41) is 5.64. The van der Waals surface area contributed by atoms with Crippen molar-refractivity contribution >= 4 is 23.4 Å². The van der Waals surface area contributed by atoms with Crippen molar-refractivity contribution in [2.45, 2.75) is 20.0 Å². The molecule has 1 aromatic rings. The van der Waals surface area contributed by atoms with E-state index < -0.39 is 17.7 Å². The third-order valence-electron chi connectivity index (χ3n) is 2.61. The van der Waals surface area contributed by atoms with Crippen molar-refractivity contribution in [3.05, 3.63) is 34.6 Å². The SMILES string of the molecule is CCOC(=O)/C=C(\C)NCCNc1ncc(C(F)(F)F)cc1Cl. The zero-order valence-corrected chi connectivity index (χ0v) is 13.4. The number of rotatable bonds is 7. The molecule has 1 aromatic heterocycles. The number of anilines is 1. The summed E-state index contributed by atoms with van der Waals surface area (Å²) in [6.45, 7) is 4.47. The van der Waals surface area contributed by atoms with Gasteiger partial charge < -0.3 is 15.4 Å². The van der Waals surface area contributed by atoms with Gasteiger partial charge in [0, 0.05) is 31.1 Å². The van der Waals surface area contributed by atoms with Crippen molar-refractivity contribution in [1.29, 1.82) is 0 Å². The third-order valence-corrected chi connectivity index (χ3v) is 2.90. The standard InChI is InChI=1S/C14H17ClF3N3O2/c1-3-23-12(22)6-9(2)19-4-5-20-13-11(15)7-10(8-21-13)14(16,17)18/h6-8,19H,3-5H2,1-2H3,(H,20,21)/b9-6+. The van der Waals surface area contributed by atoms with E-state index in [0.29, 0.717) is 31.6 Å². The Morgan fingerprint density at radius 1 is 1.43 bits per heavy atom. The molecule has 128 valence electrons. The summed E-state index contributed by atoms with van der Waals surface area (Å²) in [5.41, 5.74) is -0.295. The molecule has 0 bridgehead atoms. The summed E-state index contributed by atoms with van der Waals surface area (Å²) in [7, 11) is 0. The van der Waals surface area contributed by atoms with E-state index in [1.54, 1.807) is 13.8 Å². The minimum Gasteiger partial charge on any atom is -0.463 e. The number of nitrogens with one attached hydrogen (secondary N) is 2. The van der Waals surface area contributed by atoms with E-state index in [0.717, 1.165) is 6.07 Å². The molecule has 2 N–H and O–H groups in total. The Hall–Kier alpha value is -1.96. The molecule has 0 spiro atoms. The van der Waals surface area contributed by atoms with Gasteiger partial charge >= 0.3 is 12.1 Å². The molecular weight excluding hydrogens is 335 g/mol. The maximum absolute atomic E-state index is 12.5. The van der Waals surface area contributed by atoms with Gasteiger partial charge in [-0.3, -0.25) is 0 Å². The number of ether oxygens (including phenoxy) is 1. The quantitative estimate of drug-likeness (QED) is 0.448. The van der Waals surface area contributed by atoms with Gasteiger partial charge in [-0.1, -0.05) is 11.6 Å². The molecule has 9 heteroatoms. The normalized spacial score (nSPS) is 12.0. The summed E-state index contributed by atoms with van der Waals surface area (Å²) in [6, 6.07) is 0.816. The molecule has 1 heterocycles. The molecule has 0 aliphatic rings. The fourth-order valence-corrected chi connectivity index (χ4v) is 1.81. The number of esters is 1. The predicted molar refractivity (Wildman–Crippen MR) is 81.1 cm³/mol. The lowest BCUT2D eigenvalue weighted by Gasteiger charge is -2.11. The summed E-state index contributed by atoms with van der Waals surface area (Å²) in [5.74, 6) is -0.286. The van der Waals surface area contributed by atoms with Gasteiger partial charge in [0.2, 0.25) is 0 Å². The van der Waals surface area contributed by atoms with Gasteiger partial charge in [-0.25, -0.2) is 9.78 Å². The van der Waals surface area contributed by atoms with Crippen LogP contribution >= 0.6 is 11.6 Å². The van der Waals surface area contributed by atoms with E-state index in [-0.39, 0.29) is 10.8 Å². The average molecular weight is 352 g/mol. The fraction of sp³-hybridized carbons (Fsp3) is 0.429. The van der Waals surface area contributed by atoms with Gasteiger partial charge in [-0.05, 0) is 19.9 Å². The fourth-order valence-electron chi connectivity index (χ4n) is 1.58. The highest BCUT2D eigenvalue weighted by Crippen LogP contribution is 2.32. The lowest BCUT2D eigenvalue weighted by Crippen LogP contribution is -2.22. The van der Waals surface area contributed by atoms with Crippen LogP contribution in [-0.4, -0.2) is 30.6 Å². The second-order valence-corrected chi connectivity index (χ2v) is 4.89. The predicted octanol–water partition coefficient (Wildman–Crippen LogP) is 3.22. The number of hydrogen-bond acceptors (Lipinski definition) is 5. The van der Waals surface area contributed by atoms with Crippen LogP contribution in [0.2, 0.25) is 5.02 Å². The second-order valence-electron chi connectivity index (χ2n) is 4.49. The molecule has 0 unspecified atom stereocenters.